The van der Waals surface area contributed by atoms with Crippen LogP contribution in [0.25, 0.3) is 0 Å². The van der Waals surface area contributed by atoms with Gasteiger partial charge in [-0.3, -0.25) is 0 Å². The molecule has 0 aromatic carbocycles. The number of ether oxygens (including phenoxy) is 1. The van der Waals surface area contributed by atoms with Gasteiger partial charge in [-0.25, -0.2) is 4.98 Å². The van der Waals surface area contributed by atoms with Crippen LogP contribution in [0.3, 0.4) is 0 Å². The monoisotopic (exact) mass is 212 g/mol. The zero-order valence-electron chi connectivity index (χ0n) is 8.03. The van der Waals surface area contributed by atoms with Crippen LogP contribution in [-0.4, -0.2) is 11.6 Å². The van der Waals surface area contributed by atoms with Gasteiger partial charge in [-0.1, -0.05) is 23.8 Å². The molecule has 0 spiro atoms. The second-order valence-corrected chi connectivity index (χ2v) is 3.12. The summed E-state index contributed by atoms with van der Waals surface area (Å²) in [6, 6.07) is 1.76. The molecule has 0 aliphatic rings. The molecule has 0 unspecified atom stereocenters. The van der Waals surface area contributed by atoms with Crippen LogP contribution < -0.4 is 10.5 Å². The van der Waals surface area contributed by atoms with Gasteiger partial charge in [0.2, 0.25) is 5.88 Å². The van der Waals surface area contributed by atoms with Gasteiger partial charge in [0, 0.05) is 12.7 Å². The van der Waals surface area contributed by atoms with Crippen LogP contribution in [0.15, 0.2) is 24.4 Å². The fourth-order valence-electron chi connectivity index (χ4n) is 0.906. The molecule has 3 nitrogen and oxygen atoms in total. The summed E-state index contributed by atoms with van der Waals surface area (Å²) >= 11 is 5.92. The van der Waals surface area contributed by atoms with Crippen molar-refractivity contribution in [3.05, 3.63) is 35.0 Å². The third-order valence-electron chi connectivity index (χ3n) is 1.65. The standard InChI is InChI=1S/C10H13ClN2O/c1-2-3-4-14-10-9(11)5-8(6-12)7-13-10/h2-3,5,7H,4,6,12H2,1H3. The van der Waals surface area contributed by atoms with Crippen LogP contribution in [0.2, 0.25) is 5.02 Å². The molecule has 4 heteroatoms. The van der Waals surface area contributed by atoms with Gasteiger partial charge in [0.15, 0.2) is 0 Å². The topological polar surface area (TPSA) is 48.1 Å². The van der Waals surface area contributed by atoms with E-state index < -0.39 is 0 Å². The molecule has 1 rings (SSSR count). The zero-order chi connectivity index (χ0) is 10.4. The van der Waals surface area contributed by atoms with E-state index in [1.165, 1.54) is 0 Å². The molecule has 0 atom stereocenters. The highest BCUT2D eigenvalue weighted by Crippen LogP contribution is 2.21. The lowest BCUT2D eigenvalue weighted by Crippen LogP contribution is -2.00. The van der Waals surface area contributed by atoms with Crippen molar-refractivity contribution in [3.8, 4) is 5.88 Å². The molecule has 0 amide bonds. The molecule has 0 saturated heterocycles. The fraction of sp³-hybridized carbons (Fsp3) is 0.300. The largest absolute Gasteiger partial charge is 0.472 e. The lowest BCUT2D eigenvalue weighted by Gasteiger charge is -2.05. The first-order valence-electron chi connectivity index (χ1n) is 4.36. The third-order valence-corrected chi connectivity index (χ3v) is 1.92. The van der Waals surface area contributed by atoms with Crippen LogP contribution in [-0.2, 0) is 6.54 Å². The van der Waals surface area contributed by atoms with Crippen molar-refractivity contribution in [3.63, 3.8) is 0 Å². The molecule has 0 fully saturated rings. The van der Waals surface area contributed by atoms with Gasteiger partial charge in [0.1, 0.15) is 11.6 Å². The van der Waals surface area contributed by atoms with Crippen molar-refractivity contribution < 1.29 is 4.74 Å². The Kier molecular flexibility index (Phi) is 4.43. The number of halogens is 1. The highest BCUT2D eigenvalue weighted by molar-refractivity contribution is 6.31. The van der Waals surface area contributed by atoms with Gasteiger partial charge in [0.25, 0.3) is 0 Å². The summed E-state index contributed by atoms with van der Waals surface area (Å²) in [4.78, 5) is 4.05. The highest BCUT2D eigenvalue weighted by Gasteiger charge is 2.02. The summed E-state index contributed by atoms with van der Waals surface area (Å²) in [6.07, 6.45) is 5.45. The normalized spacial score (nSPS) is 10.8. The van der Waals surface area contributed by atoms with E-state index in [2.05, 4.69) is 4.98 Å². The van der Waals surface area contributed by atoms with Crippen molar-refractivity contribution in [2.75, 3.05) is 6.61 Å². The van der Waals surface area contributed by atoms with E-state index in [4.69, 9.17) is 22.1 Å². The van der Waals surface area contributed by atoms with Gasteiger partial charge in [-0.15, -0.1) is 0 Å². The molecule has 1 heterocycles. The Labute approximate surface area is 88.5 Å². The average molecular weight is 213 g/mol. The second kappa shape index (κ2) is 5.62. The fourth-order valence-corrected chi connectivity index (χ4v) is 1.15. The van der Waals surface area contributed by atoms with Gasteiger partial charge >= 0.3 is 0 Å². The Morgan fingerprint density at radius 1 is 1.64 bits per heavy atom. The van der Waals surface area contributed by atoms with Crippen molar-refractivity contribution in [2.24, 2.45) is 5.73 Å². The number of rotatable bonds is 4. The molecule has 0 bridgehead atoms. The first-order chi connectivity index (χ1) is 6.77. The number of nitrogens with zero attached hydrogens (tertiary/aromatic N) is 1. The summed E-state index contributed by atoms with van der Waals surface area (Å²) in [5.41, 5.74) is 6.34. The van der Waals surface area contributed by atoms with E-state index in [0.29, 0.717) is 24.1 Å². The van der Waals surface area contributed by atoms with Crippen LogP contribution in [0.1, 0.15) is 12.5 Å². The van der Waals surface area contributed by atoms with Crippen molar-refractivity contribution in [1.82, 2.24) is 4.98 Å². The molecule has 0 aliphatic carbocycles. The van der Waals surface area contributed by atoms with Gasteiger partial charge in [-0.05, 0) is 18.6 Å². The molecule has 1 aromatic rings. The summed E-state index contributed by atoms with van der Waals surface area (Å²) in [5.74, 6) is 0.446. The molecule has 0 radical (unpaired) electrons. The Morgan fingerprint density at radius 2 is 2.43 bits per heavy atom. The Balaban J connectivity index is 2.68. The molecular formula is C10H13ClN2O. The van der Waals surface area contributed by atoms with E-state index in [0.717, 1.165) is 5.56 Å². The molecule has 0 saturated carbocycles. The Morgan fingerprint density at radius 3 is 3.00 bits per heavy atom. The SMILES string of the molecule is CC=CCOc1ncc(CN)cc1Cl. The number of pyridine rings is 1. The lowest BCUT2D eigenvalue weighted by molar-refractivity contribution is 0.348. The Hall–Kier alpha value is -1.06. The maximum atomic E-state index is 5.92. The minimum atomic E-state index is 0.432. The lowest BCUT2D eigenvalue weighted by atomic mass is 10.3. The van der Waals surface area contributed by atoms with Gasteiger partial charge in [0.05, 0.1) is 0 Å². The van der Waals surface area contributed by atoms with Crippen molar-refractivity contribution in [2.45, 2.75) is 13.5 Å². The first kappa shape index (κ1) is 11.0. The Bertz CT molecular complexity index is 326. The number of hydrogen-bond acceptors (Lipinski definition) is 3. The quantitative estimate of drug-likeness (QED) is 0.778. The summed E-state index contributed by atoms with van der Waals surface area (Å²) in [5, 5.41) is 0.498. The smallest absolute Gasteiger partial charge is 0.232 e. The van der Waals surface area contributed by atoms with E-state index in [9.17, 15) is 0 Å². The average Bonchev–Trinajstić information content (AvgIpc) is 2.20. The summed E-state index contributed by atoms with van der Waals surface area (Å²) in [7, 11) is 0. The highest BCUT2D eigenvalue weighted by atomic mass is 35.5. The van der Waals surface area contributed by atoms with Crippen LogP contribution in [0.5, 0.6) is 5.88 Å². The predicted molar refractivity (Wildman–Crippen MR) is 57.4 cm³/mol. The first-order valence-corrected chi connectivity index (χ1v) is 4.74. The third kappa shape index (κ3) is 3.01. The molecule has 1 aromatic heterocycles. The van der Waals surface area contributed by atoms with Gasteiger partial charge < -0.3 is 10.5 Å². The van der Waals surface area contributed by atoms with Crippen LogP contribution in [0, 0.1) is 0 Å². The van der Waals surface area contributed by atoms with Crippen LogP contribution >= 0.6 is 11.6 Å². The minimum Gasteiger partial charge on any atom is -0.472 e. The van der Waals surface area contributed by atoms with E-state index >= 15 is 0 Å². The van der Waals surface area contributed by atoms with Crippen molar-refractivity contribution >= 4 is 11.6 Å². The van der Waals surface area contributed by atoms with E-state index in [1.54, 1.807) is 12.3 Å². The summed E-state index contributed by atoms with van der Waals surface area (Å²) in [6.45, 7) is 2.84. The number of hydrogen-bond donors (Lipinski definition) is 1. The number of nitrogens with two attached hydrogens (primary N) is 1. The summed E-state index contributed by atoms with van der Waals surface area (Å²) < 4.78 is 5.31. The second-order valence-electron chi connectivity index (χ2n) is 2.71. The molecule has 76 valence electrons. The molecule has 14 heavy (non-hydrogen) atoms. The van der Waals surface area contributed by atoms with Gasteiger partial charge in [-0.2, -0.15) is 0 Å². The van der Waals surface area contributed by atoms with Crippen LogP contribution in [0.4, 0.5) is 0 Å². The molecule has 0 aliphatic heterocycles. The van der Waals surface area contributed by atoms with E-state index in [1.807, 2.05) is 19.1 Å². The number of allylic oxidation sites excluding steroid dienone is 1. The maximum Gasteiger partial charge on any atom is 0.232 e. The number of aromatic nitrogens is 1. The van der Waals surface area contributed by atoms with Crippen molar-refractivity contribution in [1.29, 1.82) is 0 Å². The predicted octanol–water partition coefficient (Wildman–Crippen LogP) is 2.15. The van der Waals surface area contributed by atoms with E-state index in [-0.39, 0.29) is 0 Å². The molecule has 2 N–H and O–H groups in total. The minimum absolute atomic E-state index is 0.432. The zero-order valence-corrected chi connectivity index (χ0v) is 8.79. The maximum absolute atomic E-state index is 5.92. The molecular weight excluding hydrogens is 200 g/mol.